The van der Waals surface area contributed by atoms with Crippen molar-refractivity contribution in [2.24, 2.45) is 5.41 Å². The number of rotatable bonds is 8. The normalized spacial score (nSPS) is 22.2. The van der Waals surface area contributed by atoms with Crippen LogP contribution < -0.4 is 16.0 Å². The van der Waals surface area contributed by atoms with Crippen LogP contribution in [0.25, 0.3) is 0 Å². The van der Waals surface area contributed by atoms with Crippen LogP contribution in [0, 0.1) is 5.41 Å². The first-order valence-corrected chi connectivity index (χ1v) is 7.40. The number of hydrogen-bond acceptors (Lipinski definition) is 3. The molecular weight excluding hydrogens is 242 g/mol. The Bertz CT molecular complexity index is 299. The third-order valence-corrected chi connectivity index (χ3v) is 3.66. The molecule has 5 nitrogen and oxygen atoms in total. The van der Waals surface area contributed by atoms with Crippen LogP contribution in [-0.2, 0) is 9.59 Å². The van der Waals surface area contributed by atoms with Crippen molar-refractivity contribution in [1.29, 1.82) is 0 Å². The highest BCUT2D eigenvalue weighted by molar-refractivity contribution is 5.84. The van der Waals surface area contributed by atoms with E-state index >= 15 is 0 Å². The molecule has 0 aliphatic carbocycles. The van der Waals surface area contributed by atoms with E-state index in [0.717, 1.165) is 38.8 Å². The predicted octanol–water partition coefficient (Wildman–Crippen LogP) is 0.799. The standard InChI is InChI=1S/C14H27N3O2/c1-3-6-14(7-10-15-11-14)13(19)17-9-5-12(18)16-8-4-2/h15H,3-11H2,1-2H3,(H,16,18)(H,17,19). The Morgan fingerprint density at radius 3 is 2.53 bits per heavy atom. The van der Waals surface area contributed by atoms with E-state index in [1.54, 1.807) is 0 Å². The average molecular weight is 269 g/mol. The summed E-state index contributed by atoms with van der Waals surface area (Å²) in [5.74, 6) is 0.110. The largest absolute Gasteiger partial charge is 0.356 e. The Morgan fingerprint density at radius 2 is 1.95 bits per heavy atom. The van der Waals surface area contributed by atoms with Gasteiger partial charge in [-0.2, -0.15) is 0 Å². The molecule has 1 fully saturated rings. The maximum atomic E-state index is 12.3. The quantitative estimate of drug-likeness (QED) is 0.610. The predicted molar refractivity (Wildman–Crippen MR) is 75.8 cm³/mol. The number of hydrogen-bond donors (Lipinski definition) is 3. The Kier molecular flexibility index (Phi) is 6.84. The first-order chi connectivity index (χ1) is 9.14. The second kappa shape index (κ2) is 8.15. The summed E-state index contributed by atoms with van der Waals surface area (Å²) >= 11 is 0. The molecule has 0 aromatic heterocycles. The SMILES string of the molecule is CCCNC(=O)CCNC(=O)C1(CCC)CCNC1. The lowest BCUT2D eigenvalue weighted by atomic mass is 9.81. The van der Waals surface area contributed by atoms with Crippen LogP contribution in [0.4, 0.5) is 0 Å². The molecule has 5 heteroatoms. The average Bonchev–Trinajstić information content (AvgIpc) is 2.86. The lowest BCUT2D eigenvalue weighted by molar-refractivity contribution is -0.130. The molecule has 0 saturated carbocycles. The highest BCUT2D eigenvalue weighted by atomic mass is 16.2. The minimum atomic E-state index is -0.255. The molecule has 2 amide bonds. The first-order valence-electron chi connectivity index (χ1n) is 7.40. The summed E-state index contributed by atoms with van der Waals surface area (Å²) in [4.78, 5) is 23.7. The van der Waals surface area contributed by atoms with Gasteiger partial charge in [0.25, 0.3) is 0 Å². The van der Waals surface area contributed by atoms with Crippen LogP contribution in [0.5, 0.6) is 0 Å². The highest BCUT2D eigenvalue weighted by Crippen LogP contribution is 2.31. The number of nitrogens with one attached hydrogen (secondary N) is 3. The fraction of sp³-hybridized carbons (Fsp3) is 0.857. The molecule has 1 heterocycles. The van der Waals surface area contributed by atoms with Crippen molar-refractivity contribution in [2.75, 3.05) is 26.2 Å². The zero-order valence-corrected chi connectivity index (χ0v) is 12.2. The van der Waals surface area contributed by atoms with Gasteiger partial charge < -0.3 is 16.0 Å². The third-order valence-electron chi connectivity index (χ3n) is 3.66. The van der Waals surface area contributed by atoms with Gasteiger partial charge in [-0.1, -0.05) is 20.3 Å². The molecule has 0 aromatic rings. The van der Waals surface area contributed by atoms with E-state index in [0.29, 0.717) is 19.5 Å². The van der Waals surface area contributed by atoms with Crippen molar-refractivity contribution in [3.8, 4) is 0 Å². The molecule has 1 atom stereocenters. The van der Waals surface area contributed by atoms with E-state index in [4.69, 9.17) is 0 Å². The Labute approximate surface area is 115 Å². The topological polar surface area (TPSA) is 70.2 Å². The van der Waals surface area contributed by atoms with Crippen LogP contribution in [0.15, 0.2) is 0 Å². The van der Waals surface area contributed by atoms with Crippen molar-refractivity contribution in [1.82, 2.24) is 16.0 Å². The summed E-state index contributed by atoms with van der Waals surface area (Å²) in [7, 11) is 0. The Hall–Kier alpha value is -1.10. The van der Waals surface area contributed by atoms with Crippen molar-refractivity contribution in [3.63, 3.8) is 0 Å². The van der Waals surface area contributed by atoms with Crippen LogP contribution in [0.2, 0.25) is 0 Å². The van der Waals surface area contributed by atoms with Crippen molar-refractivity contribution >= 4 is 11.8 Å². The van der Waals surface area contributed by atoms with Gasteiger partial charge in [-0.05, 0) is 25.8 Å². The number of carbonyl (C=O) groups excluding carboxylic acids is 2. The fourth-order valence-electron chi connectivity index (χ4n) is 2.57. The van der Waals surface area contributed by atoms with Gasteiger partial charge in [0, 0.05) is 26.1 Å². The van der Waals surface area contributed by atoms with Gasteiger partial charge in [0.15, 0.2) is 0 Å². The van der Waals surface area contributed by atoms with Crippen molar-refractivity contribution in [2.45, 2.75) is 46.0 Å². The molecule has 1 saturated heterocycles. The monoisotopic (exact) mass is 269 g/mol. The summed E-state index contributed by atoms with van der Waals surface area (Å²) in [5.41, 5.74) is -0.255. The Balaban J connectivity index is 2.31. The van der Waals surface area contributed by atoms with Crippen molar-refractivity contribution < 1.29 is 9.59 Å². The fourth-order valence-corrected chi connectivity index (χ4v) is 2.57. The molecule has 0 bridgehead atoms. The molecule has 19 heavy (non-hydrogen) atoms. The zero-order valence-electron chi connectivity index (χ0n) is 12.2. The Morgan fingerprint density at radius 1 is 1.16 bits per heavy atom. The lowest BCUT2D eigenvalue weighted by Gasteiger charge is -2.26. The van der Waals surface area contributed by atoms with Crippen LogP contribution in [-0.4, -0.2) is 38.0 Å². The summed E-state index contributed by atoms with van der Waals surface area (Å²) in [6.45, 7) is 6.92. The van der Waals surface area contributed by atoms with Gasteiger partial charge in [0.1, 0.15) is 0 Å². The molecule has 0 aromatic carbocycles. The minimum absolute atomic E-state index is 0.0104. The molecular formula is C14H27N3O2. The summed E-state index contributed by atoms with van der Waals surface area (Å²) in [5, 5.41) is 8.99. The van der Waals surface area contributed by atoms with E-state index in [9.17, 15) is 9.59 Å². The molecule has 1 aliphatic rings. The van der Waals surface area contributed by atoms with Gasteiger partial charge in [-0.15, -0.1) is 0 Å². The van der Waals surface area contributed by atoms with Gasteiger partial charge in [0.05, 0.1) is 5.41 Å². The molecule has 1 aliphatic heterocycles. The molecule has 1 unspecified atom stereocenters. The van der Waals surface area contributed by atoms with Gasteiger partial charge >= 0.3 is 0 Å². The summed E-state index contributed by atoms with van der Waals surface area (Å²) in [6, 6.07) is 0. The van der Waals surface area contributed by atoms with Gasteiger partial charge in [-0.25, -0.2) is 0 Å². The zero-order chi connectivity index (χ0) is 14.1. The summed E-state index contributed by atoms with van der Waals surface area (Å²) < 4.78 is 0. The van der Waals surface area contributed by atoms with E-state index in [1.165, 1.54) is 0 Å². The van der Waals surface area contributed by atoms with Crippen LogP contribution in [0.1, 0.15) is 46.0 Å². The second-order valence-corrected chi connectivity index (χ2v) is 5.31. The van der Waals surface area contributed by atoms with E-state index in [2.05, 4.69) is 22.9 Å². The van der Waals surface area contributed by atoms with E-state index in [-0.39, 0.29) is 17.2 Å². The molecule has 0 spiro atoms. The third kappa shape index (κ3) is 4.82. The summed E-state index contributed by atoms with van der Waals surface area (Å²) in [6.07, 6.45) is 4.11. The molecule has 1 rings (SSSR count). The number of amides is 2. The van der Waals surface area contributed by atoms with E-state index < -0.39 is 0 Å². The van der Waals surface area contributed by atoms with Gasteiger partial charge in [0.2, 0.25) is 11.8 Å². The smallest absolute Gasteiger partial charge is 0.227 e. The van der Waals surface area contributed by atoms with Crippen molar-refractivity contribution in [3.05, 3.63) is 0 Å². The molecule has 110 valence electrons. The second-order valence-electron chi connectivity index (χ2n) is 5.31. The van der Waals surface area contributed by atoms with E-state index in [1.807, 2.05) is 6.92 Å². The maximum absolute atomic E-state index is 12.3. The lowest BCUT2D eigenvalue weighted by Crippen LogP contribution is -2.43. The molecule has 0 radical (unpaired) electrons. The van der Waals surface area contributed by atoms with Crippen LogP contribution >= 0.6 is 0 Å². The molecule has 3 N–H and O–H groups in total. The first kappa shape index (κ1) is 16.0. The van der Waals surface area contributed by atoms with Gasteiger partial charge in [-0.3, -0.25) is 9.59 Å². The highest BCUT2D eigenvalue weighted by Gasteiger charge is 2.39. The number of carbonyl (C=O) groups is 2. The van der Waals surface area contributed by atoms with Crippen LogP contribution in [0.3, 0.4) is 0 Å². The maximum Gasteiger partial charge on any atom is 0.227 e. The minimum Gasteiger partial charge on any atom is -0.356 e.